The van der Waals surface area contributed by atoms with E-state index >= 15 is 0 Å². The summed E-state index contributed by atoms with van der Waals surface area (Å²) >= 11 is 0. The lowest BCUT2D eigenvalue weighted by Crippen LogP contribution is -2.21. The van der Waals surface area contributed by atoms with E-state index in [1.54, 1.807) is 0 Å². The number of benzene rings is 1. The molecule has 0 spiro atoms. The second kappa shape index (κ2) is 6.41. The Morgan fingerprint density at radius 1 is 1.00 bits per heavy atom. The van der Waals surface area contributed by atoms with Gasteiger partial charge in [-0.05, 0) is 18.2 Å². The minimum absolute atomic E-state index is 0.276. The van der Waals surface area contributed by atoms with Crippen molar-refractivity contribution in [2.24, 2.45) is 0 Å². The number of hydrogen-bond acceptors (Lipinski definition) is 5. The minimum Gasteiger partial charge on any atom is -0.508 e. The zero-order valence-corrected chi connectivity index (χ0v) is 10.5. The Hall–Kier alpha value is -2.34. The van der Waals surface area contributed by atoms with Crippen molar-refractivity contribution < 1.29 is 51.1 Å². The molecule has 0 aliphatic heterocycles. The summed E-state index contributed by atoms with van der Waals surface area (Å²) in [7, 11) is -5.84. The Kier molecular flexibility index (Phi) is 5.69. The normalized spacial score (nSPS) is 11.2. The van der Waals surface area contributed by atoms with Gasteiger partial charge < -0.3 is 15.3 Å². The Bertz CT molecular complexity index is 649. The second-order valence-electron chi connectivity index (χ2n) is 3.26. The molecule has 0 saturated carbocycles. The van der Waals surface area contributed by atoms with Crippen LogP contribution in [0.4, 0.5) is 13.2 Å². The molecule has 0 unspecified atom stereocenters. The van der Waals surface area contributed by atoms with Crippen LogP contribution in [0.1, 0.15) is 20.7 Å². The molecule has 0 bridgehead atoms. The van der Waals surface area contributed by atoms with Crippen molar-refractivity contribution in [2.45, 2.75) is 5.51 Å². The molecule has 12 heteroatoms. The van der Waals surface area contributed by atoms with Gasteiger partial charge in [-0.25, -0.2) is 9.59 Å². The molecule has 1 aromatic rings. The predicted octanol–water partition coefficient (Wildman–Crippen LogP) is 1.18. The van der Waals surface area contributed by atoms with Crippen molar-refractivity contribution in [2.75, 3.05) is 0 Å². The predicted molar refractivity (Wildman–Crippen MR) is 59.6 cm³/mol. The Morgan fingerprint density at radius 3 is 1.67 bits per heavy atom. The molecule has 0 radical (unpaired) electrons. The summed E-state index contributed by atoms with van der Waals surface area (Å²) in [5.41, 5.74) is -6.30. The first-order valence-electron chi connectivity index (χ1n) is 4.60. The summed E-state index contributed by atoms with van der Waals surface area (Å²) in [5.74, 6) is -2.99. The third-order valence-corrected chi connectivity index (χ3v) is 2.34. The largest absolute Gasteiger partial charge is 0.522 e. The Morgan fingerprint density at radius 2 is 1.38 bits per heavy atom. The SMILES string of the molecule is O=C(O)c1ccc(O)cc1C(=O)O.O=S(=O)(O)C(F)(F)F. The van der Waals surface area contributed by atoms with Gasteiger partial charge in [0.1, 0.15) is 5.75 Å². The van der Waals surface area contributed by atoms with Gasteiger partial charge in [-0.3, -0.25) is 4.55 Å². The Labute approximate surface area is 114 Å². The van der Waals surface area contributed by atoms with Crippen molar-refractivity contribution in [1.29, 1.82) is 0 Å². The molecule has 4 N–H and O–H groups in total. The molecule has 0 atom stereocenters. The number of aromatic carboxylic acids is 2. The number of carboxylic acids is 2. The quantitative estimate of drug-likeness (QED) is 0.466. The fraction of sp³-hybridized carbons (Fsp3) is 0.111. The van der Waals surface area contributed by atoms with Gasteiger partial charge in [0.05, 0.1) is 11.1 Å². The van der Waals surface area contributed by atoms with Gasteiger partial charge in [-0.2, -0.15) is 21.6 Å². The van der Waals surface area contributed by atoms with Crippen LogP contribution in [0.3, 0.4) is 0 Å². The highest BCUT2D eigenvalue weighted by molar-refractivity contribution is 7.86. The highest BCUT2D eigenvalue weighted by Crippen LogP contribution is 2.20. The van der Waals surface area contributed by atoms with E-state index in [2.05, 4.69) is 0 Å². The maximum atomic E-state index is 10.7. The van der Waals surface area contributed by atoms with Gasteiger partial charge in [0.2, 0.25) is 0 Å². The van der Waals surface area contributed by atoms with Crippen LogP contribution < -0.4 is 0 Å². The Balaban J connectivity index is 0.000000433. The molecule has 8 nitrogen and oxygen atoms in total. The smallest absolute Gasteiger partial charge is 0.508 e. The zero-order valence-electron chi connectivity index (χ0n) is 9.70. The van der Waals surface area contributed by atoms with E-state index in [4.69, 9.17) is 28.3 Å². The van der Waals surface area contributed by atoms with Crippen LogP contribution in [-0.4, -0.2) is 45.7 Å². The lowest BCUT2D eigenvalue weighted by molar-refractivity contribution is -0.0510. The molecule has 1 rings (SSSR count). The molecule has 0 heterocycles. The molecular weight excluding hydrogens is 325 g/mol. The molecule has 0 fully saturated rings. The number of carbonyl (C=O) groups is 2. The van der Waals surface area contributed by atoms with Gasteiger partial charge in [0, 0.05) is 0 Å². The molecule has 0 amide bonds. The molecular formula is C9H7F3O8S. The van der Waals surface area contributed by atoms with E-state index in [1.807, 2.05) is 0 Å². The molecule has 0 aliphatic rings. The molecule has 118 valence electrons. The van der Waals surface area contributed by atoms with E-state index < -0.39 is 33.1 Å². The summed E-state index contributed by atoms with van der Waals surface area (Å²) in [6.07, 6.45) is 0. The van der Waals surface area contributed by atoms with E-state index in [0.29, 0.717) is 0 Å². The van der Waals surface area contributed by atoms with Crippen molar-refractivity contribution in [1.82, 2.24) is 0 Å². The van der Waals surface area contributed by atoms with Crippen LogP contribution >= 0.6 is 0 Å². The van der Waals surface area contributed by atoms with Crippen LogP contribution in [0.25, 0.3) is 0 Å². The van der Waals surface area contributed by atoms with E-state index in [-0.39, 0.29) is 11.3 Å². The van der Waals surface area contributed by atoms with Crippen LogP contribution in [0, 0.1) is 0 Å². The van der Waals surface area contributed by atoms with Gasteiger partial charge in [0.25, 0.3) is 0 Å². The topological polar surface area (TPSA) is 149 Å². The van der Waals surface area contributed by atoms with Gasteiger partial charge in [-0.15, -0.1) is 0 Å². The van der Waals surface area contributed by atoms with Gasteiger partial charge in [0.15, 0.2) is 0 Å². The number of phenolic OH excluding ortho intramolecular Hbond substituents is 1. The van der Waals surface area contributed by atoms with Crippen molar-refractivity contribution in [3.05, 3.63) is 29.3 Å². The lowest BCUT2D eigenvalue weighted by atomic mass is 10.1. The van der Waals surface area contributed by atoms with Crippen molar-refractivity contribution in [3.63, 3.8) is 0 Å². The fourth-order valence-electron chi connectivity index (χ4n) is 0.896. The van der Waals surface area contributed by atoms with Crippen LogP contribution in [0.15, 0.2) is 18.2 Å². The van der Waals surface area contributed by atoms with Crippen LogP contribution in [-0.2, 0) is 10.1 Å². The number of halogens is 3. The maximum absolute atomic E-state index is 10.7. The minimum atomic E-state index is -5.84. The summed E-state index contributed by atoms with van der Waals surface area (Å²) in [6.45, 7) is 0. The first-order chi connectivity index (χ1) is 9.27. The highest BCUT2D eigenvalue weighted by atomic mass is 32.2. The van der Waals surface area contributed by atoms with E-state index in [9.17, 15) is 22.8 Å². The summed E-state index contributed by atoms with van der Waals surface area (Å²) < 4.78 is 57.5. The monoisotopic (exact) mass is 332 g/mol. The van der Waals surface area contributed by atoms with Crippen LogP contribution in [0.5, 0.6) is 5.75 Å². The fourth-order valence-corrected chi connectivity index (χ4v) is 0.896. The number of alkyl halides is 3. The first kappa shape index (κ1) is 18.7. The molecule has 21 heavy (non-hydrogen) atoms. The van der Waals surface area contributed by atoms with E-state index in [0.717, 1.165) is 18.2 Å². The third kappa shape index (κ3) is 5.66. The number of aromatic hydroxyl groups is 1. The molecule has 0 aromatic heterocycles. The summed E-state index contributed by atoms with van der Waals surface area (Å²) in [5, 5.41) is 26.0. The van der Waals surface area contributed by atoms with Crippen molar-refractivity contribution in [3.8, 4) is 5.75 Å². The number of phenols is 1. The zero-order chi connectivity index (χ0) is 17.0. The lowest BCUT2D eigenvalue weighted by Gasteiger charge is -2.00. The summed E-state index contributed by atoms with van der Waals surface area (Å²) in [4.78, 5) is 21.0. The number of hydrogen-bond donors (Lipinski definition) is 4. The first-order valence-corrected chi connectivity index (χ1v) is 6.04. The standard InChI is InChI=1S/C8H6O5.CHF3O3S/c9-4-1-2-5(7(10)11)6(3-4)8(12)13;2-1(3,4)8(5,6)7/h1-3,9H,(H,10,11)(H,12,13);(H,5,6,7). The van der Waals surface area contributed by atoms with Crippen LogP contribution in [0.2, 0.25) is 0 Å². The molecule has 0 saturated heterocycles. The molecule has 1 aromatic carbocycles. The molecule has 0 aliphatic carbocycles. The summed E-state index contributed by atoms with van der Waals surface area (Å²) in [6, 6.07) is 3.06. The highest BCUT2D eigenvalue weighted by Gasteiger charge is 2.44. The van der Waals surface area contributed by atoms with Crippen molar-refractivity contribution >= 4 is 22.1 Å². The van der Waals surface area contributed by atoms with Gasteiger partial charge in [-0.1, -0.05) is 0 Å². The average molecular weight is 332 g/mol. The number of rotatable bonds is 2. The second-order valence-corrected chi connectivity index (χ2v) is 4.67. The van der Waals surface area contributed by atoms with Gasteiger partial charge >= 0.3 is 27.6 Å². The maximum Gasteiger partial charge on any atom is 0.522 e. The third-order valence-electron chi connectivity index (χ3n) is 1.76. The van der Waals surface area contributed by atoms with E-state index in [1.165, 1.54) is 0 Å². The number of carboxylic acid groups (broad SMARTS) is 2. The average Bonchev–Trinajstić information content (AvgIpc) is 2.26.